The maximum atomic E-state index is 13.9. The monoisotopic (exact) mass is 512 g/mol. The predicted octanol–water partition coefficient (Wildman–Crippen LogP) is 4.21. The minimum atomic E-state index is -7.59. The van der Waals surface area contributed by atoms with E-state index in [1.54, 1.807) is 4.74 Å². The molecule has 22 heteroatoms. The number of rotatable bonds is 6. The van der Waals surface area contributed by atoms with Crippen molar-refractivity contribution in [3.8, 4) is 0 Å². The fraction of sp³-hybridized carbons (Fsp3) is 1.00. The molecule has 0 N–H and O–H groups in total. The predicted molar refractivity (Wildman–Crippen MR) is 51.8 cm³/mol. The summed E-state index contributed by atoms with van der Waals surface area (Å²) in [5.41, 5.74) is 0. The van der Waals surface area contributed by atoms with Gasteiger partial charge in [0, 0.05) is 0 Å². The summed E-state index contributed by atoms with van der Waals surface area (Å²) in [4.78, 5) is 0. The van der Waals surface area contributed by atoms with Crippen molar-refractivity contribution < 1.29 is 92.3 Å². The van der Waals surface area contributed by atoms with Crippen molar-refractivity contribution >= 4 is 10.1 Å². The highest BCUT2D eigenvalue weighted by Gasteiger charge is 2.90. The van der Waals surface area contributed by atoms with Gasteiger partial charge in [-0.25, -0.2) is 4.74 Å². The fourth-order valence-corrected chi connectivity index (χ4v) is 2.34. The van der Waals surface area contributed by atoms with Crippen LogP contribution in [-0.4, -0.2) is 56.1 Å². The van der Waals surface area contributed by atoms with Crippen LogP contribution >= 0.6 is 0 Å². The molecule has 0 aromatic carbocycles. The van der Waals surface area contributed by atoms with E-state index in [0.717, 1.165) is 0 Å². The minimum Gasteiger partial charge on any atom is -0.256 e. The maximum Gasteiger partial charge on any atom is 0.462 e. The molecular formula is C8F16O5S. The highest BCUT2D eigenvalue weighted by molar-refractivity contribution is 7.89. The lowest BCUT2D eigenvalue weighted by Crippen LogP contribution is -2.75. The van der Waals surface area contributed by atoms with Crippen molar-refractivity contribution in [2.45, 2.75) is 47.6 Å². The smallest absolute Gasteiger partial charge is 0.256 e. The molecule has 0 radical (unpaired) electrons. The fourth-order valence-electron chi connectivity index (χ4n) is 1.34. The Morgan fingerprint density at radius 1 is 0.600 bits per heavy atom. The summed E-state index contributed by atoms with van der Waals surface area (Å²) >= 11 is 0. The van der Waals surface area contributed by atoms with Crippen LogP contribution in [0.15, 0.2) is 0 Å². The summed E-state index contributed by atoms with van der Waals surface area (Å²) in [6.07, 6.45) is -29.7. The quantitative estimate of drug-likeness (QED) is 0.395. The summed E-state index contributed by atoms with van der Waals surface area (Å²) in [5.74, 6) is -15.1. The van der Waals surface area contributed by atoms with E-state index in [2.05, 4.69) is 4.18 Å². The van der Waals surface area contributed by atoms with Gasteiger partial charge in [-0.05, 0) is 0 Å². The summed E-state index contributed by atoms with van der Waals surface area (Å²) in [5, 5.41) is -6.72. The van der Waals surface area contributed by atoms with Crippen LogP contribution in [0.3, 0.4) is 0 Å². The Balaban J connectivity index is 3.44. The standard InChI is InChI=1S/C8F16O5S/c9-1(10,3(13,14)15)5(19,20)27-7(23)8(24,30(25,26)29-7)28-6(21,22)2(11,12)4(16,17)18. The van der Waals surface area contributed by atoms with Crippen LogP contribution in [0, 0.1) is 0 Å². The van der Waals surface area contributed by atoms with Gasteiger partial charge >= 0.3 is 57.8 Å². The van der Waals surface area contributed by atoms with Crippen molar-refractivity contribution in [1.29, 1.82) is 0 Å². The Kier molecular flexibility index (Phi) is 5.68. The number of alkyl halides is 16. The maximum absolute atomic E-state index is 13.9. The molecule has 0 aromatic heterocycles. The van der Waals surface area contributed by atoms with Gasteiger partial charge in [0.2, 0.25) is 0 Å². The van der Waals surface area contributed by atoms with Gasteiger partial charge in [-0.1, -0.05) is 0 Å². The first-order valence-electron chi connectivity index (χ1n) is 6.00. The lowest BCUT2D eigenvalue weighted by atomic mass is 10.3. The lowest BCUT2D eigenvalue weighted by molar-refractivity contribution is -0.543. The van der Waals surface area contributed by atoms with Crippen molar-refractivity contribution in [3.05, 3.63) is 0 Å². The molecule has 0 saturated carbocycles. The van der Waals surface area contributed by atoms with Crippen molar-refractivity contribution in [3.63, 3.8) is 0 Å². The van der Waals surface area contributed by atoms with Gasteiger partial charge in [0.1, 0.15) is 0 Å². The van der Waals surface area contributed by atoms with Gasteiger partial charge in [0.05, 0.1) is 0 Å². The summed E-state index contributed by atoms with van der Waals surface area (Å²) in [6.45, 7) is 0. The molecule has 2 atom stereocenters. The second-order valence-corrected chi connectivity index (χ2v) is 6.59. The van der Waals surface area contributed by atoms with Gasteiger partial charge in [-0.2, -0.15) is 82.8 Å². The van der Waals surface area contributed by atoms with Crippen LogP contribution < -0.4 is 0 Å². The third-order valence-corrected chi connectivity index (χ3v) is 4.26. The van der Waals surface area contributed by atoms with Crippen LogP contribution in [0.5, 0.6) is 0 Å². The third kappa shape index (κ3) is 3.53. The first kappa shape index (κ1) is 26.7. The average Bonchev–Trinajstić information content (AvgIpc) is 2.42. The van der Waals surface area contributed by atoms with Crippen LogP contribution in [-0.2, 0) is 23.8 Å². The first-order valence-corrected chi connectivity index (χ1v) is 7.41. The topological polar surface area (TPSA) is 61.8 Å². The molecule has 180 valence electrons. The van der Waals surface area contributed by atoms with E-state index in [1.165, 1.54) is 0 Å². The number of halogens is 16. The van der Waals surface area contributed by atoms with Crippen LogP contribution in [0.2, 0.25) is 0 Å². The van der Waals surface area contributed by atoms with Gasteiger partial charge < -0.3 is 0 Å². The normalized spacial score (nSPS) is 28.9. The second kappa shape index (κ2) is 6.37. The van der Waals surface area contributed by atoms with Gasteiger partial charge in [-0.15, -0.1) is 0 Å². The molecule has 0 aliphatic carbocycles. The number of hydrogen-bond acceptors (Lipinski definition) is 5. The van der Waals surface area contributed by atoms with E-state index in [0.29, 0.717) is 0 Å². The molecule has 0 amide bonds. The number of ether oxygens (including phenoxy) is 2. The van der Waals surface area contributed by atoms with Crippen LogP contribution in [0.25, 0.3) is 0 Å². The summed E-state index contributed by atoms with van der Waals surface area (Å²) in [6, 6.07) is -6.52. The zero-order valence-electron chi connectivity index (χ0n) is 12.5. The van der Waals surface area contributed by atoms with E-state index in [1.807, 2.05) is 4.74 Å². The Morgan fingerprint density at radius 2 is 0.900 bits per heavy atom. The Labute approximate surface area is 151 Å². The Bertz CT molecular complexity index is 784. The van der Waals surface area contributed by atoms with E-state index in [9.17, 15) is 78.7 Å². The van der Waals surface area contributed by atoms with Crippen molar-refractivity contribution in [2.75, 3.05) is 0 Å². The molecule has 1 heterocycles. The Hall–Kier alpha value is -1.29. The molecule has 1 aliphatic rings. The highest BCUT2D eigenvalue weighted by atomic mass is 32.2. The molecule has 1 rings (SSSR count). The molecule has 0 bridgehead atoms. The van der Waals surface area contributed by atoms with Crippen LogP contribution in [0.4, 0.5) is 70.2 Å². The van der Waals surface area contributed by atoms with Gasteiger partial charge in [-0.3, -0.25) is 4.74 Å². The van der Waals surface area contributed by atoms with Crippen molar-refractivity contribution in [1.82, 2.24) is 0 Å². The van der Waals surface area contributed by atoms with E-state index in [4.69, 9.17) is 0 Å². The number of hydrogen-bond donors (Lipinski definition) is 0. The molecule has 2 unspecified atom stereocenters. The van der Waals surface area contributed by atoms with Crippen molar-refractivity contribution in [2.24, 2.45) is 0 Å². The molecule has 30 heavy (non-hydrogen) atoms. The molecule has 0 aromatic rings. The van der Waals surface area contributed by atoms with E-state index in [-0.39, 0.29) is 0 Å². The molecule has 1 saturated heterocycles. The lowest BCUT2D eigenvalue weighted by Gasteiger charge is -2.46. The molecule has 0 spiro atoms. The first-order chi connectivity index (χ1) is 12.6. The summed E-state index contributed by atoms with van der Waals surface area (Å²) < 4.78 is 229. The molecular weight excluding hydrogens is 512 g/mol. The van der Waals surface area contributed by atoms with E-state index < -0.39 is 57.8 Å². The van der Waals surface area contributed by atoms with Crippen LogP contribution in [0.1, 0.15) is 0 Å². The minimum absolute atomic E-state index is 1.79. The van der Waals surface area contributed by atoms with Gasteiger partial charge in [0.15, 0.2) is 0 Å². The SMILES string of the molecule is O=S1(=O)OC(F)(OC(F)(F)C(F)(F)C(F)(F)F)C1(F)OC(F)(F)C(F)(F)C(F)(F)F. The third-order valence-electron chi connectivity index (χ3n) is 2.86. The second-order valence-electron chi connectivity index (χ2n) is 4.99. The Morgan fingerprint density at radius 3 is 1.17 bits per heavy atom. The zero-order valence-corrected chi connectivity index (χ0v) is 13.3. The largest absolute Gasteiger partial charge is 0.462 e. The highest BCUT2D eigenvalue weighted by Crippen LogP contribution is 2.60. The molecule has 5 nitrogen and oxygen atoms in total. The average molecular weight is 512 g/mol. The molecule has 1 aliphatic heterocycles. The van der Waals surface area contributed by atoms with Gasteiger partial charge in [0.25, 0.3) is 0 Å². The zero-order chi connectivity index (χ0) is 24.6. The summed E-state index contributed by atoms with van der Waals surface area (Å²) in [7, 11) is -7.05. The molecule has 1 fully saturated rings. The van der Waals surface area contributed by atoms with E-state index >= 15 is 0 Å².